The molecule has 0 spiro atoms. The van der Waals surface area contributed by atoms with Crippen molar-refractivity contribution < 1.29 is 9.84 Å². The van der Waals surface area contributed by atoms with Crippen LogP contribution in [0, 0.1) is 18.3 Å². The molecule has 2 unspecified atom stereocenters. The van der Waals surface area contributed by atoms with E-state index in [2.05, 4.69) is 12.1 Å². The minimum absolute atomic E-state index is 0.125. The molecule has 1 N–H and O–H groups in total. The summed E-state index contributed by atoms with van der Waals surface area (Å²) in [5.41, 5.74) is 2.19. The molecule has 2 atom stereocenters. The first kappa shape index (κ1) is 13.4. The first-order valence-electron chi connectivity index (χ1n) is 7.12. The fourth-order valence-electron chi connectivity index (χ4n) is 3.33. The molecule has 0 bridgehead atoms. The van der Waals surface area contributed by atoms with Crippen molar-refractivity contribution in [1.82, 2.24) is 0 Å². The molecule has 1 aliphatic carbocycles. The van der Waals surface area contributed by atoms with E-state index in [4.69, 9.17) is 16.3 Å². The number of aliphatic hydroxyl groups excluding tert-OH is 1. The first-order valence-corrected chi connectivity index (χ1v) is 7.50. The second-order valence-corrected chi connectivity index (χ2v) is 6.58. The second kappa shape index (κ2) is 5.08. The van der Waals surface area contributed by atoms with Gasteiger partial charge in [-0.15, -0.1) is 0 Å². The van der Waals surface area contributed by atoms with Crippen molar-refractivity contribution in [3.05, 3.63) is 34.3 Å². The van der Waals surface area contributed by atoms with E-state index in [1.165, 1.54) is 18.4 Å². The Balaban J connectivity index is 1.85. The minimum Gasteiger partial charge on any atom is -0.396 e. The zero-order chi connectivity index (χ0) is 13.5. The minimum atomic E-state index is -0.125. The quantitative estimate of drug-likeness (QED) is 0.916. The molecule has 19 heavy (non-hydrogen) atoms. The van der Waals surface area contributed by atoms with Crippen molar-refractivity contribution in [2.75, 3.05) is 13.2 Å². The molecule has 2 nitrogen and oxygen atoms in total. The van der Waals surface area contributed by atoms with E-state index in [0.717, 1.165) is 30.0 Å². The Morgan fingerprint density at radius 3 is 2.84 bits per heavy atom. The van der Waals surface area contributed by atoms with Crippen LogP contribution in [0.25, 0.3) is 0 Å². The van der Waals surface area contributed by atoms with E-state index in [0.29, 0.717) is 5.92 Å². The topological polar surface area (TPSA) is 29.5 Å². The van der Waals surface area contributed by atoms with Crippen LogP contribution in [0.3, 0.4) is 0 Å². The van der Waals surface area contributed by atoms with Crippen LogP contribution in [0.4, 0.5) is 0 Å². The second-order valence-electron chi connectivity index (χ2n) is 6.17. The lowest BCUT2D eigenvalue weighted by Crippen LogP contribution is -2.38. The average molecular weight is 281 g/mol. The van der Waals surface area contributed by atoms with Gasteiger partial charge in [0.15, 0.2) is 0 Å². The summed E-state index contributed by atoms with van der Waals surface area (Å²) in [6, 6.07) is 6.19. The Hall–Kier alpha value is -0.570. The van der Waals surface area contributed by atoms with Crippen LogP contribution in [-0.2, 0) is 11.2 Å². The molecule has 0 aromatic heterocycles. The van der Waals surface area contributed by atoms with Gasteiger partial charge in [-0.25, -0.2) is 0 Å². The fraction of sp³-hybridized carbons (Fsp3) is 0.625. The van der Waals surface area contributed by atoms with Crippen molar-refractivity contribution in [2.24, 2.45) is 11.3 Å². The number of rotatable bonds is 4. The summed E-state index contributed by atoms with van der Waals surface area (Å²) in [5, 5.41) is 10.8. The van der Waals surface area contributed by atoms with Gasteiger partial charge in [0.05, 0.1) is 12.7 Å². The Labute approximate surface area is 119 Å². The highest BCUT2D eigenvalue weighted by Crippen LogP contribution is 2.49. The van der Waals surface area contributed by atoms with Gasteiger partial charge in [0.1, 0.15) is 0 Å². The molecular formula is C16H21ClO2. The Bertz CT molecular complexity index is 470. The third-order valence-electron chi connectivity index (χ3n) is 4.62. The van der Waals surface area contributed by atoms with Gasteiger partial charge in [0, 0.05) is 17.0 Å². The Morgan fingerprint density at radius 2 is 2.21 bits per heavy atom. The Morgan fingerprint density at radius 1 is 1.42 bits per heavy atom. The molecule has 1 saturated heterocycles. The van der Waals surface area contributed by atoms with Crippen molar-refractivity contribution in [3.8, 4) is 0 Å². The number of benzene rings is 1. The van der Waals surface area contributed by atoms with E-state index in [1.54, 1.807) is 0 Å². The van der Waals surface area contributed by atoms with Crippen LogP contribution in [0.5, 0.6) is 0 Å². The SMILES string of the molecule is Cc1ccc(CC2(CO)CCOC2C2CC2)c(Cl)c1. The molecule has 3 heteroatoms. The molecule has 0 radical (unpaired) electrons. The van der Waals surface area contributed by atoms with Crippen LogP contribution in [0.15, 0.2) is 18.2 Å². The molecule has 0 amide bonds. The number of halogens is 1. The van der Waals surface area contributed by atoms with Gasteiger partial charge in [-0.1, -0.05) is 23.7 Å². The van der Waals surface area contributed by atoms with Crippen molar-refractivity contribution >= 4 is 11.6 Å². The van der Waals surface area contributed by atoms with Crippen molar-refractivity contribution in [2.45, 2.75) is 38.7 Å². The molecule has 1 aromatic carbocycles. The van der Waals surface area contributed by atoms with Crippen LogP contribution in [-0.4, -0.2) is 24.4 Å². The number of aryl methyl sites for hydroxylation is 1. The maximum atomic E-state index is 9.95. The van der Waals surface area contributed by atoms with Gasteiger partial charge in [0.25, 0.3) is 0 Å². The lowest BCUT2D eigenvalue weighted by atomic mass is 9.74. The molecule has 104 valence electrons. The predicted octanol–water partition coefficient (Wildman–Crippen LogP) is 3.37. The molecule has 2 aliphatic rings. The normalized spacial score (nSPS) is 30.8. The van der Waals surface area contributed by atoms with Crippen molar-refractivity contribution in [3.63, 3.8) is 0 Å². The number of ether oxygens (including phenoxy) is 1. The number of hydrogen-bond acceptors (Lipinski definition) is 2. The standard InChI is InChI=1S/C16H21ClO2/c1-11-2-3-13(14(17)8-11)9-16(10-18)6-7-19-15(16)12-4-5-12/h2-3,8,12,15,18H,4-7,9-10H2,1H3. The van der Waals surface area contributed by atoms with Gasteiger partial charge in [-0.05, 0) is 55.7 Å². The summed E-state index contributed by atoms with van der Waals surface area (Å²) in [5.74, 6) is 0.652. The zero-order valence-electron chi connectivity index (χ0n) is 11.4. The third-order valence-corrected chi connectivity index (χ3v) is 4.97. The first-order chi connectivity index (χ1) is 9.14. The number of hydrogen-bond donors (Lipinski definition) is 1. The van der Waals surface area contributed by atoms with Gasteiger partial charge in [-0.3, -0.25) is 0 Å². The molecule has 3 rings (SSSR count). The smallest absolute Gasteiger partial charge is 0.0685 e. The highest BCUT2D eigenvalue weighted by Gasteiger charge is 2.50. The van der Waals surface area contributed by atoms with E-state index in [9.17, 15) is 5.11 Å². The van der Waals surface area contributed by atoms with Crippen LogP contribution < -0.4 is 0 Å². The number of aliphatic hydroxyl groups is 1. The zero-order valence-corrected chi connectivity index (χ0v) is 12.1. The monoisotopic (exact) mass is 280 g/mol. The van der Waals surface area contributed by atoms with E-state index >= 15 is 0 Å². The van der Waals surface area contributed by atoms with Gasteiger partial charge >= 0.3 is 0 Å². The summed E-state index contributed by atoms with van der Waals surface area (Å²) >= 11 is 6.35. The van der Waals surface area contributed by atoms with Crippen LogP contribution >= 0.6 is 11.6 Å². The summed E-state index contributed by atoms with van der Waals surface area (Å²) in [6.45, 7) is 3.01. The summed E-state index contributed by atoms with van der Waals surface area (Å²) in [6.07, 6.45) is 4.47. The molecule has 1 aromatic rings. The lowest BCUT2D eigenvalue weighted by molar-refractivity contribution is 0.000598. The highest BCUT2D eigenvalue weighted by atomic mass is 35.5. The van der Waals surface area contributed by atoms with Crippen molar-refractivity contribution in [1.29, 1.82) is 0 Å². The fourth-order valence-corrected chi connectivity index (χ4v) is 3.63. The summed E-state index contributed by atoms with van der Waals surface area (Å²) in [7, 11) is 0. The largest absolute Gasteiger partial charge is 0.396 e. The molecule has 2 fully saturated rings. The Kier molecular flexibility index (Phi) is 3.59. The molecule has 1 heterocycles. The van der Waals surface area contributed by atoms with Gasteiger partial charge < -0.3 is 9.84 Å². The molecule has 1 saturated carbocycles. The van der Waals surface area contributed by atoms with Crippen LogP contribution in [0.1, 0.15) is 30.4 Å². The summed E-state index contributed by atoms with van der Waals surface area (Å²) < 4.78 is 5.92. The summed E-state index contributed by atoms with van der Waals surface area (Å²) in [4.78, 5) is 0. The predicted molar refractivity (Wildman–Crippen MR) is 76.5 cm³/mol. The average Bonchev–Trinajstić information content (AvgIpc) is 3.15. The van der Waals surface area contributed by atoms with E-state index in [-0.39, 0.29) is 18.1 Å². The maximum absolute atomic E-state index is 9.95. The maximum Gasteiger partial charge on any atom is 0.0685 e. The molecular weight excluding hydrogens is 260 g/mol. The van der Waals surface area contributed by atoms with E-state index < -0.39 is 0 Å². The lowest BCUT2D eigenvalue weighted by Gasteiger charge is -2.33. The van der Waals surface area contributed by atoms with Gasteiger partial charge in [-0.2, -0.15) is 0 Å². The third kappa shape index (κ3) is 2.54. The van der Waals surface area contributed by atoms with E-state index in [1.807, 2.05) is 13.0 Å². The highest BCUT2D eigenvalue weighted by molar-refractivity contribution is 6.31. The van der Waals surface area contributed by atoms with Crippen LogP contribution in [0.2, 0.25) is 5.02 Å². The van der Waals surface area contributed by atoms with Gasteiger partial charge in [0.2, 0.25) is 0 Å². The molecule has 1 aliphatic heterocycles.